The number of furan rings is 1. The highest BCUT2D eigenvalue weighted by atomic mass is 19.1. The largest absolute Gasteiger partial charge is 0.497 e. The van der Waals surface area contributed by atoms with E-state index in [1.54, 1.807) is 44.2 Å². The van der Waals surface area contributed by atoms with Crippen LogP contribution in [0.4, 0.5) is 4.39 Å². The predicted octanol–water partition coefficient (Wildman–Crippen LogP) is 4.31. The second-order valence-electron chi connectivity index (χ2n) is 9.03. The van der Waals surface area contributed by atoms with E-state index < -0.39 is 41.6 Å². The minimum atomic E-state index is -1.40. The number of hydrogen-bond donors (Lipinski definition) is 1. The fourth-order valence-electron chi connectivity index (χ4n) is 5.30. The highest BCUT2D eigenvalue weighted by Crippen LogP contribution is 2.51. The van der Waals surface area contributed by atoms with Crippen LogP contribution in [-0.2, 0) is 14.3 Å². The van der Waals surface area contributed by atoms with E-state index in [1.165, 1.54) is 43.4 Å². The van der Waals surface area contributed by atoms with Crippen molar-refractivity contribution in [3.63, 3.8) is 0 Å². The average Bonchev–Trinajstić information content (AvgIpc) is 3.41. The van der Waals surface area contributed by atoms with Crippen LogP contribution in [-0.4, -0.2) is 54.5 Å². The molecule has 0 saturated carbocycles. The first-order chi connectivity index (χ1) is 17.7. The molecule has 1 aliphatic rings. The third kappa shape index (κ3) is 4.86. The van der Waals surface area contributed by atoms with E-state index in [-0.39, 0.29) is 12.4 Å². The molecule has 3 aromatic rings. The van der Waals surface area contributed by atoms with Crippen molar-refractivity contribution < 1.29 is 37.8 Å². The zero-order valence-electron chi connectivity index (χ0n) is 20.9. The molecule has 9 heteroatoms. The molecule has 1 aliphatic heterocycles. The Morgan fingerprint density at radius 3 is 2.14 bits per heavy atom. The SMILES string of the molecule is COCC(=O)N1C(C(=O)O)C(c2ccc(OC)cc2)C(C(=O)c2cc(C)oc2C)C1c1ccc(F)cc1. The summed E-state index contributed by atoms with van der Waals surface area (Å²) in [6.45, 7) is 2.99. The number of hydrogen-bond acceptors (Lipinski definition) is 6. The van der Waals surface area contributed by atoms with Crippen LogP contribution in [0.1, 0.15) is 45.0 Å². The Hall–Kier alpha value is -3.98. The standard InChI is InChI=1S/C28H28FNO7/c1-15-13-21(16(2)37-15)27(32)24-23(17-7-11-20(36-4)12-8-17)26(28(33)34)30(22(31)14-35-3)25(24)18-5-9-19(29)10-6-18/h5-13,23-26H,14H2,1-4H3,(H,33,34). The number of rotatable bonds is 8. The van der Waals surface area contributed by atoms with E-state index in [9.17, 15) is 23.9 Å². The number of carboxylic acids is 1. The zero-order valence-corrected chi connectivity index (χ0v) is 20.9. The lowest BCUT2D eigenvalue weighted by atomic mass is 9.76. The molecule has 1 amide bonds. The van der Waals surface area contributed by atoms with Crippen LogP contribution in [0.25, 0.3) is 0 Å². The van der Waals surface area contributed by atoms with Gasteiger partial charge in [-0.25, -0.2) is 9.18 Å². The van der Waals surface area contributed by atoms with E-state index in [0.717, 1.165) is 0 Å². The van der Waals surface area contributed by atoms with Gasteiger partial charge in [-0.2, -0.15) is 0 Å². The smallest absolute Gasteiger partial charge is 0.327 e. The lowest BCUT2D eigenvalue weighted by Crippen LogP contribution is -2.45. The Balaban J connectivity index is 1.99. The maximum Gasteiger partial charge on any atom is 0.327 e. The predicted molar refractivity (Wildman–Crippen MR) is 131 cm³/mol. The number of carbonyl (C=O) groups excluding carboxylic acids is 2. The summed E-state index contributed by atoms with van der Waals surface area (Å²) in [6, 6.07) is 11.3. The summed E-state index contributed by atoms with van der Waals surface area (Å²) in [4.78, 5) is 41.6. The summed E-state index contributed by atoms with van der Waals surface area (Å²) >= 11 is 0. The number of benzene rings is 2. The minimum absolute atomic E-state index is 0.304. The molecule has 2 heterocycles. The molecule has 0 bridgehead atoms. The van der Waals surface area contributed by atoms with Gasteiger partial charge in [0.2, 0.25) is 5.91 Å². The molecule has 2 aromatic carbocycles. The topological polar surface area (TPSA) is 106 Å². The van der Waals surface area contributed by atoms with E-state index in [1.807, 2.05) is 0 Å². The molecule has 1 aromatic heterocycles. The number of nitrogens with zero attached hydrogens (tertiary/aromatic N) is 1. The Labute approximate surface area is 213 Å². The maximum atomic E-state index is 14.2. The first kappa shape index (κ1) is 26.1. The van der Waals surface area contributed by atoms with Gasteiger partial charge in [-0.15, -0.1) is 0 Å². The molecule has 0 radical (unpaired) electrons. The molecule has 1 N–H and O–H groups in total. The second kappa shape index (κ2) is 10.6. The number of likely N-dealkylation sites (tertiary alicyclic amines) is 1. The maximum absolute atomic E-state index is 14.2. The van der Waals surface area contributed by atoms with Gasteiger partial charge in [-0.1, -0.05) is 24.3 Å². The van der Waals surface area contributed by atoms with Crippen molar-refractivity contribution in [3.05, 3.63) is 88.6 Å². The molecular weight excluding hydrogens is 481 g/mol. The molecule has 1 saturated heterocycles. The molecule has 194 valence electrons. The summed E-state index contributed by atoms with van der Waals surface area (Å²) in [5.41, 5.74) is 1.28. The number of aliphatic carboxylic acids is 1. The van der Waals surface area contributed by atoms with Crippen LogP contribution in [0.15, 0.2) is 59.0 Å². The number of halogens is 1. The molecule has 4 rings (SSSR count). The number of ketones is 1. The Bertz CT molecular complexity index is 1300. The van der Waals surface area contributed by atoms with Crippen molar-refractivity contribution in [1.29, 1.82) is 0 Å². The molecule has 8 nitrogen and oxygen atoms in total. The van der Waals surface area contributed by atoms with Gasteiger partial charge in [0.1, 0.15) is 35.7 Å². The van der Waals surface area contributed by atoms with E-state index >= 15 is 0 Å². The Morgan fingerprint density at radius 2 is 1.62 bits per heavy atom. The third-order valence-corrected chi connectivity index (χ3v) is 6.80. The Morgan fingerprint density at radius 1 is 1.00 bits per heavy atom. The third-order valence-electron chi connectivity index (χ3n) is 6.80. The van der Waals surface area contributed by atoms with Crippen LogP contribution in [0, 0.1) is 25.6 Å². The molecule has 4 unspecified atom stereocenters. The van der Waals surface area contributed by atoms with Crippen molar-refractivity contribution in [2.75, 3.05) is 20.8 Å². The normalized spacial score (nSPS) is 21.2. The Kier molecular flexibility index (Phi) is 7.45. The van der Waals surface area contributed by atoms with Gasteiger partial charge in [0.05, 0.1) is 24.6 Å². The van der Waals surface area contributed by atoms with Crippen molar-refractivity contribution >= 4 is 17.7 Å². The van der Waals surface area contributed by atoms with Crippen LogP contribution in [0.5, 0.6) is 5.75 Å². The van der Waals surface area contributed by atoms with Gasteiger partial charge in [0, 0.05) is 13.0 Å². The fraction of sp³-hybridized carbons (Fsp3) is 0.321. The second-order valence-corrected chi connectivity index (χ2v) is 9.03. The van der Waals surface area contributed by atoms with E-state index in [2.05, 4.69) is 0 Å². The summed E-state index contributed by atoms with van der Waals surface area (Å²) in [6.07, 6.45) is 0. The molecular formula is C28H28FNO7. The van der Waals surface area contributed by atoms with Gasteiger partial charge in [-0.3, -0.25) is 9.59 Å². The van der Waals surface area contributed by atoms with Gasteiger partial charge in [-0.05, 0) is 55.3 Å². The van der Waals surface area contributed by atoms with Crippen LogP contribution in [0.3, 0.4) is 0 Å². The summed E-state index contributed by atoms with van der Waals surface area (Å²) < 4.78 is 29.8. The zero-order chi connectivity index (χ0) is 26.9. The molecule has 37 heavy (non-hydrogen) atoms. The monoisotopic (exact) mass is 509 g/mol. The first-order valence-corrected chi connectivity index (χ1v) is 11.7. The molecule has 0 aliphatic carbocycles. The number of methoxy groups -OCH3 is 2. The highest BCUT2D eigenvalue weighted by Gasteiger charge is 2.57. The van der Waals surface area contributed by atoms with Crippen molar-refractivity contribution in [3.8, 4) is 5.75 Å². The van der Waals surface area contributed by atoms with Crippen molar-refractivity contribution in [1.82, 2.24) is 4.90 Å². The number of ether oxygens (including phenoxy) is 2. The van der Waals surface area contributed by atoms with Gasteiger partial charge in [0.15, 0.2) is 5.78 Å². The van der Waals surface area contributed by atoms with Crippen LogP contribution in [0.2, 0.25) is 0 Å². The van der Waals surface area contributed by atoms with E-state index in [4.69, 9.17) is 13.9 Å². The van der Waals surface area contributed by atoms with Crippen LogP contribution < -0.4 is 4.74 Å². The van der Waals surface area contributed by atoms with E-state index in [0.29, 0.717) is 34.0 Å². The number of aryl methyl sites for hydroxylation is 2. The fourth-order valence-corrected chi connectivity index (χ4v) is 5.30. The number of amides is 1. The molecule has 4 atom stereocenters. The lowest BCUT2D eigenvalue weighted by molar-refractivity contribution is -0.151. The lowest BCUT2D eigenvalue weighted by Gasteiger charge is -2.30. The first-order valence-electron chi connectivity index (χ1n) is 11.7. The molecule has 0 spiro atoms. The quantitative estimate of drug-likeness (QED) is 0.451. The summed E-state index contributed by atoms with van der Waals surface area (Å²) in [5.74, 6) is -3.21. The summed E-state index contributed by atoms with van der Waals surface area (Å²) in [7, 11) is 2.84. The molecule has 1 fully saturated rings. The van der Waals surface area contributed by atoms with Gasteiger partial charge < -0.3 is 23.9 Å². The number of carbonyl (C=O) groups is 3. The van der Waals surface area contributed by atoms with Gasteiger partial charge in [0.25, 0.3) is 0 Å². The minimum Gasteiger partial charge on any atom is -0.497 e. The van der Waals surface area contributed by atoms with Crippen LogP contribution >= 0.6 is 0 Å². The highest BCUT2D eigenvalue weighted by molar-refractivity contribution is 6.02. The average molecular weight is 510 g/mol. The number of Topliss-reactive ketones (excluding diaryl/α,β-unsaturated/α-hetero) is 1. The van der Waals surface area contributed by atoms with Crippen molar-refractivity contribution in [2.24, 2.45) is 5.92 Å². The summed E-state index contributed by atoms with van der Waals surface area (Å²) in [5, 5.41) is 10.4. The van der Waals surface area contributed by atoms with Crippen molar-refractivity contribution in [2.45, 2.75) is 31.8 Å². The van der Waals surface area contributed by atoms with Gasteiger partial charge >= 0.3 is 5.97 Å². The number of carboxylic acid groups (broad SMARTS) is 1.